The number of nitrogens with one attached hydrogen (secondary N) is 1. The van der Waals surface area contributed by atoms with Gasteiger partial charge in [0, 0.05) is 41.2 Å². The lowest BCUT2D eigenvalue weighted by atomic mass is 10.0. The molecule has 5 heteroatoms. The number of nitrogens with zero attached hydrogens (tertiary/aromatic N) is 1. The summed E-state index contributed by atoms with van der Waals surface area (Å²) < 4.78 is 0. The first-order valence-electron chi connectivity index (χ1n) is 7.73. The van der Waals surface area contributed by atoms with Crippen LogP contribution in [0.1, 0.15) is 29.3 Å². The van der Waals surface area contributed by atoms with Gasteiger partial charge in [-0.15, -0.1) is 11.3 Å². The number of benzene rings is 1. The lowest BCUT2D eigenvalue weighted by molar-refractivity contribution is 0.275. The topological polar surface area (TPSA) is 45.1 Å². The quantitative estimate of drug-likeness (QED) is 0.633. The van der Waals surface area contributed by atoms with Crippen LogP contribution in [-0.2, 0) is 6.54 Å². The summed E-state index contributed by atoms with van der Waals surface area (Å²) in [6.45, 7) is 1.03. The first-order valence-corrected chi connectivity index (χ1v) is 9.49. The standard InChI is InChI=1S/C18H20N2OS2/c21-9-4-7-17(14-5-2-1-3-6-14)19-11-16-12-20-18(23-16)15-8-10-22-13-15/h1-3,5-6,8,10,12-13,17,19,21H,4,7,9,11H2. The van der Waals surface area contributed by atoms with Crippen molar-refractivity contribution in [2.45, 2.75) is 25.4 Å². The van der Waals surface area contributed by atoms with E-state index >= 15 is 0 Å². The molecular formula is C18H20N2OS2. The molecule has 1 unspecified atom stereocenters. The molecule has 3 aromatic rings. The van der Waals surface area contributed by atoms with Gasteiger partial charge in [-0.05, 0) is 29.9 Å². The Labute approximate surface area is 144 Å². The molecule has 120 valence electrons. The molecule has 0 aliphatic heterocycles. The minimum atomic E-state index is 0.230. The van der Waals surface area contributed by atoms with E-state index < -0.39 is 0 Å². The number of aliphatic hydroxyl groups excluding tert-OH is 1. The largest absolute Gasteiger partial charge is 0.396 e. The van der Waals surface area contributed by atoms with Crippen LogP contribution in [-0.4, -0.2) is 16.7 Å². The highest BCUT2D eigenvalue weighted by Gasteiger charge is 2.12. The Morgan fingerprint density at radius 3 is 2.78 bits per heavy atom. The summed E-state index contributed by atoms with van der Waals surface area (Å²) >= 11 is 3.43. The van der Waals surface area contributed by atoms with Crippen molar-refractivity contribution in [3.8, 4) is 10.6 Å². The summed E-state index contributed by atoms with van der Waals surface area (Å²) in [6.07, 6.45) is 3.69. The Hall–Kier alpha value is -1.53. The number of rotatable bonds is 8. The normalized spacial score (nSPS) is 12.4. The van der Waals surface area contributed by atoms with E-state index in [1.165, 1.54) is 16.0 Å². The third-order valence-corrected chi connectivity index (χ3v) is 5.43. The Morgan fingerprint density at radius 2 is 2.04 bits per heavy atom. The second kappa shape index (κ2) is 8.36. The summed E-state index contributed by atoms with van der Waals surface area (Å²) in [7, 11) is 0. The molecule has 23 heavy (non-hydrogen) atoms. The van der Waals surface area contributed by atoms with Gasteiger partial charge in [0.2, 0.25) is 0 Å². The molecule has 0 bridgehead atoms. The van der Waals surface area contributed by atoms with Gasteiger partial charge in [-0.1, -0.05) is 30.3 Å². The zero-order chi connectivity index (χ0) is 15.9. The predicted octanol–water partition coefficient (Wildman–Crippen LogP) is 4.48. The fraction of sp³-hybridized carbons (Fsp3) is 0.278. The van der Waals surface area contributed by atoms with E-state index in [4.69, 9.17) is 5.11 Å². The molecule has 2 aromatic heterocycles. The van der Waals surface area contributed by atoms with Crippen molar-refractivity contribution in [2.24, 2.45) is 0 Å². The number of hydrogen-bond donors (Lipinski definition) is 2. The average molecular weight is 345 g/mol. The molecule has 0 aliphatic carbocycles. The number of aromatic nitrogens is 1. The van der Waals surface area contributed by atoms with Crippen molar-refractivity contribution >= 4 is 22.7 Å². The van der Waals surface area contributed by atoms with E-state index in [0.717, 1.165) is 24.4 Å². The molecular weight excluding hydrogens is 324 g/mol. The Bertz CT molecular complexity index is 695. The molecule has 0 fully saturated rings. The number of aliphatic hydroxyl groups is 1. The fourth-order valence-electron chi connectivity index (χ4n) is 2.50. The van der Waals surface area contributed by atoms with Crippen molar-refractivity contribution in [2.75, 3.05) is 6.61 Å². The molecule has 0 amide bonds. The van der Waals surface area contributed by atoms with Gasteiger partial charge >= 0.3 is 0 Å². The molecule has 3 nitrogen and oxygen atoms in total. The lowest BCUT2D eigenvalue weighted by Gasteiger charge is -2.18. The average Bonchev–Trinajstić information content (AvgIpc) is 3.27. The van der Waals surface area contributed by atoms with Crippen molar-refractivity contribution in [3.05, 3.63) is 63.8 Å². The molecule has 0 saturated heterocycles. The van der Waals surface area contributed by atoms with Crippen molar-refractivity contribution in [3.63, 3.8) is 0 Å². The first kappa shape index (κ1) is 16.3. The Morgan fingerprint density at radius 1 is 1.17 bits per heavy atom. The summed E-state index contributed by atoms with van der Waals surface area (Å²) in [6, 6.07) is 12.8. The molecule has 0 spiro atoms. The van der Waals surface area contributed by atoms with Gasteiger partial charge in [-0.25, -0.2) is 4.98 Å². The lowest BCUT2D eigenvalue weighted by Crippen LogP contribution is -2.20. The molecule has 1 atom stereocenters. The molecule has 0 radical (unpaired) electrons. The van der Waals surface area contributed by atoms with Gasteiger partial charge in [-0.2, -0.15) is 11.3 Å². The van der Waals surface area contributed by atoms with Gasteiger partial charge in [0.05, 0.1) is 0 Å². The van der Waals surface area contributed by atoms with Crippen LogP contribution in [0.4, 0.5) is 0 Å². The maximum Gasteiger partial charge on any atom is 0.124 e. The van der Waals surface area contributed by atoms with Crippen LogP contribution in [0, 0.1) is 0 Å². The predicted molar refractivity (Wildman–Crippen MR) is 97.8 cm³/mol. The Kier molecular flexibility index (Phi) is 5.93. The third-order valence-electron chi connectivity index (χ3n) is 3.70. The van der Waals surface area contributed by atoms with Gasteiger partial charge in [0.15, 0.2) is 0 Å². The summed E-state index contributed by atoms with van der Waals surface area (Å²) in [5, 5.41) is 18.0. The van der Waals surface area contributed by atoms with E-state index in [1.54, 1.807) is 22.7 Å². The maximum atomic E-state index is 9.12. The highest BCUT2D eigenvalue weighted by atomic mass is 32.1. The van der Waals surface area contributed by atoms with Crippen LogP contribution in [0.2, 0.25) is 0 Å². The molecule has 2 N–H and O–H groups in total. The van der Waals surface area contributed by atoms with E-state index in [-0.39, 0.29) is 12.6 Å². The van der Waals surface area contributed by atoms with E-state index in [0.29, 0.717) is 0 Å². The first-order chi connectivity index (χ1) is 11.4. The highest BCUT2D eigenvalue weighted by Crippen LogP contribution is 2.27. The summed E-state index contributed by atoms with van der Waals surface area (Å²) in [5.41, 5.74) is 2.47. The molecule has 3 rings (SSSR count). The zero-order valence-electron chi connectivity index (χ0n) is 12.8. The maximum absolute atomic E-state index is 9.12. The van der Waals surface area contributed by atoms with Gasteiger partial charge in [0.1, 0.15) is 5.01 Å². The number of thiazole rings is 1. The van der Waals surface area contributed by atoms with Crippen LogP contribution < -0.4 is 5.32 Å². The second-order valence-electron chi connectivity index (χ2n) is 5.35. The van der Waals surface area contributed by atoms with Crippen LogP contribution in [0.15, 0.2) is 53.4 Å². The zero-order valence-corrected chi connectivity index (χ0v) is 14.4. The molecule has 1 aromatic carbocycles. The van der Waals surface area contributed by atoms with Gasteiger partial charge < -0.3 is 10.4 Å². The van der Waals surface area contributed by atoms with Crippen molar-refractivity contribution in [1.29, 1.82) is 0 Å². The van der Waals surface area contributed by atoms with Crippen molar-refractivity contribution in [1.82, 2.24) is 10.3 Å². The second-order valence-corrected chi connectivity index (χ2v) is 7.25. The Balaban J connectivity index is 1.64. The molecule has 0 saturated carbocycles. The fourth-order valence-corrected chi connectivity index (χ4v) is 4.07. The third kappa shape index (κ3) is 4.48. The summed E-state index contributed by atoms with van der Waals surface area (Å²) in [4.78, 5) is 5.75. The monoisotopic (exact) mass is 344 g/mol. The smallest absolute Gasteiger partial charge is 0.124 e. The molecule has 2 heterocycles. The highest BCUT2D eigenvalue weighted by molar-refractivity contribution is 7.15. The number of thiophene rings is 1. The van der Waals surface area contributed by atoms with Crippen molar-refractivity contribution < 1.29 is 5.11 Å². The van der Waals surface area contributed by atoms with Crippen LogP contribution in [0.25, 0.3) is 10.6 Å². The van der Waals surface area contributed by atoms with Crippen LogP contribution in [0.3, 0.4) is 0 Å². The van der Waals surface area contributed by atoms with E-state index in [2.05, 4.69) is 51.4 Å². The van der Waals surface area contributed by atoms with Gasteiger partial charge in [0.25, 0.3) is 0 Å². The number of hydrogen-bond acceptors (Lipinski definition) is 5. The van der Waals surface area contributed by atoms with Gasteiger partial charge in [-0.3, -0.25) is 0 Å². The minimum Gasteiger partial charge on any atom is -0.396 e. The van der Waals surface area contributed by atoms with Crippen LogP contribution in [0.5, 0.6) is 0 Å². The van der Waals surface area contributed by atoms with Crippen LogP contribution >= 0.6 is 22.7 Å². The van der Waals surface area contributed by atoms with E-state index in [9.17, 15) is 0 Å². The van der Waals surface area contributed by atoms with E-state index in [1.807, 2.05) is 12.3 Å². The SMILES string of the molecule is OCCCC(NCc1cnc(-c2ccsc2)s1)c1ccccc1. The molecule has 0 aliphatic rings. The minimum absolute atomic E-state index is 0.230. The summed E-state index contributed by atoms with van der Waals surface area (Å²) in [5.74, 6) is 0.